The van der Waals surface area contributed by atoms with E-state index in [2.05, 4.69) is 4.98 Å². The molecule has 2 aliphatic rings. The first-order valence-electron chi connectivity index (χ1n) is 17.0. The van der Waals surface area contributed by atoms with Crippen molar-refractivity contribution in [2.45, 2.75) is 86.1 Å². The summed E-state index contributed by atoms with van der Waals surface area (Å²) in [6, 6.07) is 14.4. The third-order valence-corrected chi connectivity index (χ3v) is 11.6. The molecule has 1 heterocycles. The number of rotatable bonds is 19. The van der Waals surface area contributed by atoms with Crippen LogP contribution in [0.5, 0.6) is 5.75 Å². The molecule has 0 bridgehead atoms. The first kappa shape index (κ1) is 39.0. The van der Waals surface area contributed by atoms with Gasteiger partial charge in [0.25, 0.3) is 5.91 Å². The third-order valence-electron chi connectivity index (χ3n) is 9.34. The molecule has 51 heavy (non-hydrogen) atoms. The number of ether oxygens (including phenoxy) is 2. The van der Waals surface area contributed by atoms with Gasteiger partial charge in [0.1, 0.15) is 24.1 Å². The van der Waals surface area contributed by atoms with Crippen molar-refractivity contribution in [3.05, 3.63) is 77.1 Å². The summed E-state index contributed by atoms with van der Waals surface area (Å²) in [7, 11) is -1.07. The molecule has 2 fully saturated rings. The molecular weight excluding hydrogens is 702 g/mol. The number of carbonyl (C=O) groups is 1. The minimum absolute atomic E-state index is 0.0547. The summed E-state index contributed by atoms with van der Waals surface area (Å²) >= 11 is 6.54. The molecule has 5 N–H and O–H groups in total. The molecule has 0 radical (unpaired) electrons. The Hall–Kier alpha value is -3.18. The molecule has 0 spiro atoms. The van der Waals surface area contributed by atoms with Crippen molar-refractivity contribution in [1.29, 1.82) is 0 Å². The molecule has 0 unspecified atom stereocenters. The second-order valence-corrected chi connectivity index (χ2v) is 15.7. The number of aliphatic hydroxyl groups excluding tert-OH is 5. The van der Waals surface area contributed by atoms with Gasteiger partial charge in [-0.15, -0.1) is 0 Å². The Morgan fingerprint density at radius 1 is 1.00 bits per heavy atom. The number of nitrogens with zero attached hydrogens (tertiary/aromatic N) is 3. The van der Waals surface area contributed by atoms with E-state index < -0.39 is 52.6 Å². The van der Waals surface area contributed by atoms with Crippen molar-refractivity contribution in [3.8, 4) is 16.9 Å². The number of halogens is 1. The maximum Gasteiger partial charge on any atom is 0.253 e. The Balaban J connectivity index is 1.18. The van der Waals surface area contributed by atoms with Crippen LogP contribution in [0.15, 0.2) is 65.8 Å². The largest absolute Gasteiger partial charge is 0.490 e. The molecule has 2 aromatic carbocycles. The second kappa shape index (κ2) is 16.7. The number of unbranched alkanes of at least 4 members (excludes halogenated alkanes) is 1. The van der Waals surface area contributed by atoms with Crippen molar-refractivity contribution in [2.24, 2.45) is 0 Å². The van der Waals surface area contributed by atoms with Gasteiger partial charge in [-0.1, -0.05) is 29.8 Å². The molecule has 13 nitrogen and oxygen atoms in total. The molecule has 1 amide bonds. The Bertz CT molecular complexity index is 1770. The highest BCUT2D eigenvalue weighted by Gasteiger charge is 2.48. The number of para-hydroxylation sites is 1. The van der Waals surface area contributed by atoms with Crippen molar-refractivity contribution in [2.75, 3.05) is 33.8 Å². The topological polar surface area (TPSA) is 190 Å². The lowest BCUT2D eigenvalue weighted by molar-refractivity contribution is -0.157. The van der Waals surface area contributed by atoms with Crippen molar-refractivity contribution in [3.63, 3.8) is 0 Å². The standard InChI is InChI=1S/C36H46ClN3O10S/c1-39(35(46)34(45)33(44)32(43)30(42)21-41)17-5-6-18-40(2)51(47,48)25-11-12-29(37)23(19-25)22-49-36(14-15-36)28-20-38-16-13-26(28)27-7-3-4-8-31(27)50-24-9-10-24/h3-4,7-8,11-13,16,19-20,24,30,32-34,41-45H,5-6,9-10,14-15,17-18,21-22H2,1-2H3/t30-,32+,33-,34-/m0/s1. The molecule has 278 valence electrons. The highest BCUT2D eigenvalue weighted by molar-refractivity contribution is 7.89. The zero-order valence-corrected chi connectivity index (χ0v) is 30.2. The molecular formula is C36H46ClN3O10S. The van der Waals surface area contributed by atoms with E-state index in [9.17, 15) is 33.6 Å². The molecule has 2 aliphatic carbocycles. The predicted molar refractivity (Wildman–Crippen MR) is 188 cm³/mol. The Kier molecular flexibility index (Phi) is 12.7. The predicted octanol–water partition coefficient (Wildman–Crippen LogP) is 2.44. The molecule has 2 saturated carbocycles. The van der Waals surface area contributed by atoms with Crippen LogP contribution < -0.4 is 4.74 Å². The maximum absolute atomic E-state index is 13.5. The van der Waals surface area contributed by atoms with E-state index >= 15 is 0 Å². The highest BCUT2D eigenvalue weighted by Crippen LogP contribution is 2.53. The van der Waals surface area contributed by atoms with Gasteiger partial charge in [0, 0.05) is 55.7 Å². The van der Waals surface area contributed by atoms with Crippen LogP contribution in [0.4, 0.5) is 0 Å². The van der Waals surface area contributed by atoms with Gasteiger partial charge in [-0.2, -0.15) is 0 Å². The lowest BCUT2D eigenvalue weighted by atomic mass is 9.96. The van der Waals surface area contributed by atoms with Crippen LogP contribution in [0.2, 0.25) is 5.02 Å². The Morgan fingerprint density at radius 3 is 2.39 bits per heavy atom. The van der Waals surface area contributed by atoms with Gasteiger partial charge in [-0.25, -0.2) is 12.7 Å². The van der Waals surface area contributed by atoms with Gasteiger partial charge in [-0.3, -0.25) is 9.78 Å². The maximum atomic E-state index is 13.5. The van der Waals surface area contributed by atoms with Crippen LogP contribution in [0.25, 0.3) is 11.1 Å². The fourth-order valence-electron chi connectivity index (χ4n) is 5.78. The van der Waals surface area contributed by atoms with Gasteiger partial charge in [0.15, 0.2) is 6.10 Å². The van der Waals surface area contributed by atoms with Gasteiger partial charge < -0.3 is 39.9 Å². The van der Waals surface area contributed by atoms with E-state index in [0.29, 0.717) is 23.4 Å². The highest BCUT2D eigenvalue weighted by atomic mass is 35.5. The quantitative estimate of drug-likeness (QED) is 0.113. The summed E-state index contributed by atoms with van der Waals surface area (Å²) in [4.78, 5) is 18.1. The number of hydrogen-bond donors (Lipinski definition) is 5. The van der Waals surface area contributed by atoms with Crippen LogP contribution in [0, 0.1) is 0 Å². The number of hydrogen-bond acceptors (Lipinski definition) is 11. The van der Waals surface area contributed by atoms with Crippen LogP contribution in [0.3, 0.4) is 0 Å². The summed E-state index contributed by atoms with van der Waals surface area (Å²) in [5, 5.41) is 48.7. The van der Waals surface area contributed by atoms with Gasteiger partial charge >= 0.3 is 0 Å². The van der Waals surface area contributed by atoms with Crippen molar-refractivity contribution < 1.29 is 48.2 Å². The number of aliphatic hydroxyl groups is 5. The summed E-state index contributed by atoms with van der Waals surface area (Å²) in [5.41, 5.74) is 2.80. The summed E-state index contributed by atoms with van der Waals surface area (Å²) in [5.74, 6) is -0.0799. The van der Waals surface area contributed by atoms with E-state index in [-0.39, 0.29) is 30.7 Å². The lowest BCUT2D eigenvalue weighted by Crippen LogP contribution is -2.52. The van der Waals surface area contributed by atoms with Gasteiger partial charge in [0.2, 0.25) is 10.0 Å². The smallest absolute Gasteiger partial charge is 0.253 e. The van der Waals surface area contributed by atoms with Crippen LogP contribution in [0.1, 0.15) is 49.7 Å². The summed E-state index contributed by atoms with van der Waals surface area (Å²) in [6.07, 6.45) is 0.472. The molecule has 0 aliphatic heterocycles. The zero-order chi connectivity index (χ0) is 36.9. The summed E-state index contributed by atoms with van der Waals surface area (Å²) in [6.45, 7) is -0.532. The SMILES string of the molecule is CN(CCCCN(C)S(=O)(=O)c1ccc(Cl)c(COC2(c3cnccc3-c3ccccc3OC3CC3)CC2)c1)C(=O)[C@@H](O)[C@@H](O)[C@H](O)[C@@H](O)CO. The number of sulfonamides is 1. The van der Waals surface area contributed by atoms with E-state index in [0.717, 1.165) is 53.0 Å². The lowest BCUT2D eigenvalue weighted by Gasteiger charge is -2.28. The summed E-state index contributed by atoms with van der Waals surface area (Å²) < 4.78 is 41.0. The van der Waals surface area contributed by atoms with E-state index in [4.69, 9.17) is 26.2 Å². The minimum atomic E-state index is -3.91. The van der Waals surface area contributed by atoms with Crippen LogP contribution >= 0.6 is 11.6 Å². The molecule has 5 rings (SSSR count). The van der Waals surface area contributed by atoms with Crippen molar-refractivity contribution >= 4 is 27.5 Å². The number of aromatic nitrogens is 1. The van der Waals surface area contributed by atoms with Crippen LogP contribution in [-0.4, -0.2) is 118 Å². The van der Waals surface area contributed by atoms with E-state index in [1.165, 1.54) is 36.6 Å². The average Bonchev–Trinajstić information content (AvgIpc) is 4.09. The first-order valence-corrected chi connectivity index (χ1v) is 18.8. The zero-order valence-electron chi connectivity index (χ0n) is 28.6. The second-order valence-electron chi connectivity index (χ2n) is 13.2. The van der Waals surface area contributed by atoms with Gasteiger partial charge in [0.05, 0.1) is 29.8 Å². The third kappa shape index (κ3) is 9.25. The average molecular weight is 748 g/mol. The monoisotopic (exact) mass is 747 g/mol. The van der Waals surface area contributed by atoms with Crippen molar-refractivity contribution in [1.82, 2.24) is 14.2 Å². The van der Waals surface area contributed by atoms with E-state index in [1.54, 1.807) is 6.20 Å². The fraction of sp³-hybridized carbons (Fsp3) is 0.500. The number of pyridine rings is 1. The molecule has 1 aromatic heterocycles. The number of carbonyl (C=O) groups excluding carboxylic acids is 1. The first-order chi connectivity index (χ1) is 24.3. The number of amides is 1. The normalized spacial score (nSPS) is 17.8. The molecule has 3 aromatic rings. The Morgan fingerprint density at radius 2 is 1.71 bits per heavy atom. The van der Waals surface area contributed by atoms with Gasteiger partial charge in [-0.05, 0) is 80.0 Å². The number of likely N-dealkylation sites (N-methyl/N-ethyl adjacent to an activating group) is 1. The Labute approximate surface area is 303 Å². The fourth-order valence-corrected chi connectivity index (χ4v) is 7.21. The minimum Gasteiger partial charge on any atom is -0.490 e. The van der Waals surface area contributed by atoms with E-state index in [1.807, 2.05) is 36.5 Å². The van der Waals surface area contributed by atoms with Crippen LogP contribution in [-0.2, 0) is 31.8 Å². The molecule has 0 saturated heterocycles. The number of benzene rings is 2. The molecule has 4 atom stereocenters. The molecule has 15 heteroatoms.